The highest BCUT2D eigenvalue weighted by Crippen LogP contribution is 2.41. The molecule has 17 heavy (non-hydrogen) atoms. The third-order valence-corrected chi connectivity index (χ3v) is 5.51. The summed E-state index contributed by atoms with van der Waals surface area (Å²) in [5.74, 6) is 1.59. The number of fused-ring (bicyclic) bond motifs is 1. The molecule has 1 heterocycles. The van der Waals surface area contributed by atoms with Crippen LogP contribution in [0, 0.1) is 11.8 Å². The normalized spacial score (nSPS) is 40.1. The molecule has 2 fully saturated rings. The molecule has 0 spiro atoms. The summed E-state index contributed by atoms with van der Waals surface area (Å²) in [5.41, 5.74) is 0. The van der Waals surface area contributed by atoms with Gasteiger partial charge in [-0.05, 0) is 25.2 Å². The van der Waals surface area contributed by atoms with Crippen molar-refractivity contribution in [3.8, 4) is 0 Å². The van der Waals surface area contributed by atoms with Gasteiger partial charge in [-0.2, -0.15) is 0 Å². The Morgan fingerprint density at radius 2 is 1.88 bits per heavy atom. The van der Waals surface area contributed by atoms with Crippen molar-refractivity contribution < 1.29 is 0 Å². The van der Waals surface area contributed by atoms with E-state index in [2.05, 4.69) is 26.7 Å². The number of hydrogen-bond donors (Lipinski definition) is 0. The number of piperidine rings is 1. The Bertz CT molecular complexity index is 290. The Morgan fingerprint density at radius 3 is 2.59 bits per heavy atom. The third kappa shape index (κ3) is 3.24. The van der Waals surface area contributed by atoms with Crippen LogP contribution < -0.4 is 0 Å². The van der Waals surface area contributed by atoms with E-state index in [0.29, 0.717) is 11.2 Å². The van der Waals surface area contributed by atoms with Gasteiger partial charge < -0.3 is 4.90 Å². The summed E-state index contributed by atoms with van der Waals surface area (Å²) >= 11 is 5.66. The summed E-state index contributed by atoms with van der Waals surface area (Å²) in [6.07, 6.45) is 9.64. The van der Waals surface area contributed by atoms with Gasteiger partial charge in [0.2, 0.25) is 0 Å². The van der Waals surface area contributed by atoms with Crippen molar-refractivity contribution >= 4 is 25.1 Å². The third-order valence-electron chi connectivity index (χ3n) is 4.89. The fourth-order valence-corrected chi connectivity index (χ4v) is 4.03. The second-order valence-corrected chi connectivity index (χ2v) is 7.28. The summed E-state index contributed by atoms with van der Waals surface area (Å²) in [6, 6.07) is 0. The molecule has 3 heteroatoms. The Balaban J connectivity index is 2.05. The molecule has 0 radical (unpaired) electrons. The molecule has 2 rings (SSSR count). The Hall–Kier alpha value is -0.0451. The molecule has 3 atom stereocenters. The second kappa shape index (κ2) is 5.30. The standard InChI is InChI=1S/C14H26BNS/c1-14(15)8-3-5-11-7-10-16(2)13(17)12(11)6-4-9-14/h11-12H,3-10,15H2,1-2H3. The van der Waals surface area contributed by atoms with E-state index in [1.165, 1.54) is 56.5 Å². The van der Waals surface area contributed by atoms with Gasteiger partial charge in [-0.1, -0.05) is 50.1 Å². The van der Waals surface area contributed by atoms with Gasteiger partial charge in [0.1, 0.15) is 7.85 Å². The molecule has 0 bridgehead atoms. The van der Waals surface area contributed by atoms with Gasteiger partial charge in [-0.25, -0.2) is 0 Å². The van der Waals surface area contributed by atoms with Crippen molar-refractivity contribution in [2.24, 2.45) is 11.8 Å². The van der Waals surface area contributed by atoms with Crippen molar-refractivity contribution in [3.05, 3.63) is 0 Å². The zero-order valence-corrected chi connectivity index (χ0v) is 12.5. The molecule has 96 valence electrons. The highest BCUT2D eigenvalue weighted by molar-refractivity contribution is 7.80. The lowest BCUT2D eigenvalue weighted by molar-refractivity contribution is 0.259. The van der Waals surface area contributed by atoms with Crippen LogP contribution in [0.4, 0.5) is 0 Å². The first-order valence-corrected chi connectivity index (χ1v) is 7.65. The smallest absolute Gasteiger partial charge is 0.109 e. The average Bonchev–Trinajstić information content (AvgIpc) is 2.33. The molecular weight excluding hydrogens is 225 g/mol. The van der Waals surface area contributed by atoms with E-state index in [1.807, 2.05) is 0 Å². The van der Waals surface area contributed by atoms with Crippen LogP contribution >= 0.6 is 12.2 Å². The zero-order valence-electron chi connectivity index (χ0n) is 11.7. The quantitative estimate of drug-likeness (QED) is 0.481. The van der Waals surface area contributed by atoms with Crippen LogP contribution in [0.2, 0.25) is 5.31 Å². The van der Waals surface area contributed by atoms with E-state index in [1.54, 1.807) is 0 Å². The minimum atomic E-state index is 0.557. The van der Waals surface area contributed by atoms with Gasteiger partial charge in [-0.15, -0.1) is 0 Å². The monoisotopic (exact) mass is 251 g/mol. The van der Waals surface area contributed by atoms with Crippen molar-refractivity contribution in [2.45, 2.75) is 57.2 Å². The summed E-state index contributed by atoms with van der Waals surface area (Å²) < 4.78 is 0. The number of hydrogen-bond acceptors (Lipinski definition) is 1. The number of rotatable bonds is 0. The number of nitrogens with zero attached hydrogens (tertiary/aromatic N) is 1. The topological polar surface area (TPSA) is 3.24 Å². The molecular formula is C14H26BNS. The molecule has 0 aromatic carbocycles. The molecule has 1 aliphatic carbocycles. The van der Waals surface area contributed by atoms with Crippen LogP contribution in [0.15, 0.2) is 0 Å². The minimum absolute atomic E-state index is 0.557. The summed E-state index contributed by atoms with van der Waals surface area (Å²) in [6.45, 7) is 3.62. The van der Waals surface area contributed by atoms with Crippen LogP contribution in [0.5, 0.6) is 0 Å². The molecule has 1 saturated carbocycles. The largest absolute Gasteiger partial charge is 0.369 e. The summed E-state index contributed by atoms with van der Waals surface area (Å²) in [4.78, 5) is 3.57. The Kier molecular flexibility index (Phi) is 4.17. The molecule has 0 N–H and O–H groups in total. The van der Waals surface area contributed by atoms with E-state index in [4.69, 9.17) is 12.2 Å². The lowest BCUT2D eigenvalue weighted by Gasteiger charge is -2.38. The van der Waals surface area contributed by atoms with E-state index < -0.39 is 0 Å². The first-order chi connectivity index (χ1) is 7.99. The lowest BCUT2D eigenvalue weighted by Crippen LogP contribution is -2.42. The molecule has 1 aliphatic heterocycles. The first kappa shape index (κ1) is 13.4. The van der Waals surface area contributed by atoms with E-state index >= 15 is 0 Å². The average molecular weight is 251 g/mol. The molecule has 0 aromatic heterocycles. The van der Waals surface area contributed by atoms with Crippen molar-refractivity contribution in [3.63, 3.8) is 0 Å². The van der Waals surface area contributed by atoms with Crippen molar-refractivity contribution in [1.29, 1.82) is 0 Å². The molecule has 0 aromatic rings. The van der Waals surface area contributed by atoms with Crippen LogP contribution in [-0.4, -0.2) is 31.3 Å². The van der Waals surface area contributed by atoms with Gasteiger partial charge in [-0.3, -0.25) is 0 Å². The van der Waals surface area contributed by atoms with Gasteiger partial charge in [0.05, 0.1) is 4.99 Å². The van der Waals surface area contributed by atoms with Gasteiger partial charge >= 0.3 is 0 Å². The minimum Gasteiger partial charge on any atom is -0.369 e. The van der Waals surface area contributed by atoms with Crippen LogP contribution in [0.25, 0.3) is 0 Å². The predicted molar refractivity (Wildman–Crippen MR) is 81.4 cm³/mol. The van der Waals surface area contributed by atoms with Crippen LogP contribution in [-0.2, 0) is 0 Å². The maximum absolute atomic E-state index is 5.66. The fraction of sp³-hybridized carbons (Fsp3) is 0.929. The predicted octanol–water partition coefficient (Wildman–Crippen LogP) is 3.05. The first-order valence-electron chi connectivity index (χ1n) is 7.25. The van der Waals surface area contributed by atoms with E-state index in [-0.39, 0.29) is 0 Å². The second-order valence-electron chi connectivity index (χ2n) is 6.86. The molecule has 3 unspecified atom stereocenters. The summed E-state index contributed by atoms with van der Waals surface area (Å²) in [5, 5.41) is 0.557. The maximum Gasteiger partial charge on any atom is 0.109 e. The number of thiocarbonyl (C=S) groups is 1. The molecule has 2 aliphatic rings. The lowest BCUT2D eigenvalue weighted by atomic mass is 9.64. The van der Waals surface area contributed by atoms with Gasteiger partial charge in [0, 0.05) is 19.5 Å². The Morgan fingerprint density at radius 1 is 1.24 bits per heavy atom. The molecule has 1 nitrogen and oxygen atoms in total. The van der Waals surface area contributed by atoms with E-state index in [9.17, 15) is 0 Å². The van der Waals surface area contributed by atoms with Crippen molar-refractivity contribution in [2.75, 3.05) is 13.6 Å². The van der Waals surface area contributed by atoms with Gasteiger partial charge in [0.25, 0.3) is 0 Å². The molecule has 1 saturated heterocycles. The van der Waals surface area contributed by atoms with Gasteiger partial charge in [0.15, 0.2) is 0 Å². The van der Waals surface area contributed by atoms with E-state index in [0.717, 1.165) is 5.92 Å². The fourth-order valence-electron chi connectivity index (χ4n) is 3.63. The Labute approximate surface area is 113 Å². The summed E-state index contributed by atoms with van der Waals surface area (Å²) in [7, 11) is 4.61. The SMILES string of the molecule is BC1(C)CCCC2CCN(C)C(=S)C2CCC1. The molecule has 0 amide bonds. The highest BCUT2D eigenvalue weighted by atomic mass is 32.1. The maximum atomic E-state index is 5.66. The van der Waals surface area contributed by atoms with Crippen molar-refractivity contribution in [1.82, 2.24) is 4.90 Å². The number of likely N-dealkylation sites (tertiary alicyclic amines) is 1. The van der Waals surface area contributed by atoms with Crippen LogP contribution in [0.1, 0.15) is 51.9 Å². The zero-order chi connectivity index (χ0) is 12.5. The van der Waals surface area contributed by atoms with Crippen LogP contribution in [0.3, 0.4) is 0 Å². The highest BCUT2D eigenvalue weighted by Gasteiger charge is 2.33.